The van der Waals surface area contributed by atoms with E-state index in [1.807, 2.05) is 67.7 Å². The molecule has 0 bridgehead atoms. The minimum atomic E-state index is -0.711. The Balaban J connectivity index is 1.75. The van der Waals surface area contributed by atoms with Crippen LogP contribution in [-0.2, 0) is 9.53 Å². The lowest BCUT2D eigenvalue weighted by molar-refractivity contribution is -0.136. The van der Waals surface area contributed by atoms with E-state index < -0.39 is 12.0 Å². The van der Waals surface area contributed by atoms with Gasteiger partial charge in [-0.05, 0) is 31.6 Å². The number of para-hydroxylation sites is 2. The number of nitrogens with one attached hydrogen (secondary N) is 1. The Morgan fingerprint density at radius 2 is 1.97 bits per heavy atom. The average Bonchev–Trinajstić information content (AvgIpc) is 3.42. The normalized spacial score (nSPS) is 15.7. The molecule has 3 heterocycles. The first-order valence-electron chi connectivity index (χ1n) is 11.4. The van der Waals surface area contributed by atoms with Gasteiger partial charge >= 0.3 is 5.97 Å². The van der Waals surface area contributed by atoms with Crippen LogP contribution < -0.4 is 19.6 Å². The molecule has 35 heavy (non-hydrogen) atoms. The summed E-state index contributed by atoms with van der Waals surface area (Å²) in [5, 5.41) is 1.03. The monoisotopic (exact) mass is 487 g/mol. The minimum absolute atomic E-state index is 0.219. The maximum absolute atomic E-state index is 13.8. The highest BCUT2D eigenvalue weighted by Gasteiger charge is 2.34. The van der Waals surface area contributed by atoms with Gasteiger partial charge in [-0.25, -0.2) is 9.79 Å². The fourth-order valence-corrected chi connectivity index (χ4v) is 5.43. The lowest BCUT2D eigenvalue weighted by Crippen LogP contribution is -2.40. The zero-order valence-electron chi connectivity index (χ0n) is 19.7. The molecule has 0 saturated heterocycles. The topological polar surface area (TPSA) is 85.7 Å². The SMILES string of the molecule is CCCOc1ccccc1C1C(C(=O)OC)=C(C)N=c2s/c(=C/c3c[nH]c4ccccc34)c(=O)n21. The van der Waals surface area contributed by atoms with Crippen molar-refractivity contribution in [3.8, 4) is 5.75 Å². The van der Waals surface area contributed by atoms with Crippen molar-refractivity contribution in [1.82, 2.24) is 9.55 Å². The molecule has 1 N–H and O–H groups in total. The number of nitrogens with zero attached hydrogens (tertiary/aromatic N) is 2. The van der Waals surface area contributed by atoms with Crippen LogP contribution in [0, 0.1) is 0 Å². The molecule has 0 aliphatic carbocycles. The largest absolute Gasteiger partial charge is 0.493 e. The molecule has 1 aliphatic rings. The molecule has 0 spiro atoms. The standard InChI is InChI=1S/C27H25N3O4S/c1-4-13-34-21-12-8-6-10-19(21)24-23(26(32)33-3)16(2)29-27-30(24)25(31)22(35-27)14-17-15-28-20-11-7-5-9-18(17)20/h5-12,14-15,24,28H,4,13H2,1-3H3/b22-14+. The maximum Gasteiger partial charge on any atom is 0.338 e. The third-order valence-corrected chi connectivity index (χ3v) is 6.99. The number of carbonyl (C=O) groups is 1. The third-order valence-electron chi connectivity index (χ3n) is 6.01. The summed E-state index contributed by atoms with van der Waals surface area (Å²) in [6.45, 7) is 4.32. The number of hydrogen-bond acceptors (Lipinski definition) is 6. The van der Waals surface area contributed by atoms with Crippen LogP contribution in [0.25, 0.3) is 17.0 Å². The number of hydrogen-bond donors (Lipinski definition) is 1. The van der Waals surface area contributed by atoms with Crippen molar-refractivity contribution in [3.05, 3.63) is 96.8 Å². The molecule has 0 saturated carbocycles. The highest BCUT2D eigenvalue weighted by Crippen LogP contribution is 2.35. The van der Waals surface area contributed by atoms with Gasteiger partial charge in [-0.15, -0.1) is 0 Å². The van der Waals surface area contributed by atoms with Crippen LogP contribution >= 0.6 is 11.3 Å². The second kappa shape index (κ2) is 9.38. The molecule has 178 valence electrons. The van der Waals surface area contributed by atoms with Gasteiger partial charge in [0.2, 0.25) is 0 Å². The predicted octanol–water partition coefficient (Wildman–Crippen LogP) is 3.68. The maximum atomic E-state index is 13.8. The molecule has 1 aliphatic heterocycles. The Labute approximate surface area is 205 Å². The zero-order chi connectivity index (χ0) is 24.5. The summed E-state index contributed by atoms with van der Waals surface area (Å²) in [6, 6.07) is 14.7. The number of allylic oxidation sites excluding steroid dienone is 1. The fourth-order valence-electron chi connectivity index (χ4n) is 4.39. The molecule has 1 atom stereocenters. The van der Waals surface area contributed by atoms with E-state index in [9.17, 15) is 9.59 Å². The molecule has 2 aromatic heterocycles. The van der Waals surface area contributed by atoms with Crippen molar-refractivity contribution < 1.29 is 14.3 Å². The van der Waals surface area contributed by atoms with Gasteiger partial charge < -0.3 is 14.5 Å². The van der Waals surface area contributed by atoms with E-state index in [0.717, 1.165) is 28.5 Å². The van der Waals surface area contributed by atoms with Crippen LogP contribution in [0.1, 0.15) is 37.4 Å². The molecule has 4 aromatic rings. The van der Waals surface area contributed by atoms with Gasteiger partial charge in [0.15, 0.2) is 4.80 Å². The Kier molecular flexibility index (Phi) is 6.13. The molecule has 2 aromatic carbocycles. The zero-order valence-corrected chi connectivity index (χ0v) is 20.5. The van der Waals surface area contributed by atoms with Crippen LogP contribution in [0.15, 0.2) is 75.8 Å². The summed E-state index contributed by atoms with van der Waals surface area (Å²) in [5.74, 6) is 0.106. The minimum Gasteiger partial charge on any atom is -0.493 e. The number of rotatable bonds is 6. The van der Waals surface area contributed by atoms with Crippen LogP contribution in [-0.4, -0.2) is 29.2 Å². The quantitative estimate of drug-likeness (QED) is 0.421. The Bertz CT molecular complexity index is 1640. The summed E-state index contributed by atoms with van der Waals surface area (Å²) in [4.78, 5) is 35.1. The van der Waals surface area contributed by atoms with Gasteiger partial charge in [0, 0.05) is 28.2 Å². The van der Waals surface area contributed by atoms with Crippen LogP contribution in [0.4, 0.5) is 0 Å². The van der Waals surface area contributed by atoms with Crippen molar-refractivity contribution in [1.29, 1.82) is 0 Å². The second-order valence-corrected chi connectivity index (χ2v) is 9.26. The molecular formula is C27H25N3O4S. The molecule has 7 nitrogen and oxygen atoms in total. The van der Waals surface area contributed by atoms with E-state index in [2.05, 4.69) is 9.98 Å². The summed E-state index contributed by atoms with van der Waals surface area (Å²) in [6.07, 6.45) is 4.59. The number of thiazole rings is 1. The van der Waals surface area contributed by atoms with Crippen molar-refractivity contribution in [2.24, 2.45) is 4.99 Å². The summed E-state index contributed by atoms with van der Waals surface area (Å²) >= 11 is 1.30. The van der Waals surface area contributed by atoms with Gasteiger partial charge in [-0.1, -0.05) is 54.7 Å². The molecule has 5 rings (SSSR count). The smallest absolute Gasteiger partial charge is 0.338 e. The van der Waals surface area contributed by atoms with E-state index in [1.165, 1.54) is 18.4 Å². The number of benzene rings is 2. The summed E-state index contributed by atoms with van der Waals surface area (Å²) in [5.41, 5.74) is 3.25. The lowest BCUT2D eigenvalue weighted by atomic mass is 9.95. The van der Waals surface area contributed by atoms with E-state index >= 15 is 0 Å². The van der Waals surface area contributed by atoms with Crippen molar-refractivity contribution in [3.63, 3.8) is 0 Å². The van der Waals surface area contributed by atoms with Gasteiger partial charge in [0.1, 0.15) is 11.8 Å². The van der Waals surface area contributed by atoms with Crippen molar-refractivity contribution in [2.45, 2.75) is 26.3 Å². The van der Waals surface area contributed by atoms with Crippen LogP contribution in [0.5, 0.6) is 5.75 Å². The number of aromatic nitrogens is 2. The number of fused-ring (bicyclic) bond motifs is 2. The number of ether oxygens (including phenoxy) is 2. The van der Waals surface area contributed by atoms with Gasteiger partial charge in [0.05, 0.1) is 29.5 Å². The number of esters is 1. The summed E-state index contributed by atoms with van der Waals surface area (Å²) in [7, 11) is 1.33. The number of H-pyrrole nitrogens is 1. The first-order chi connectivity index (χ1) is 17.0. The first-order valence-corrected chi connectivity index (χ1v) is 12.2. The Morgan fingerprint density at radius 3 is 2.77 bits per heavy atom. The van der Waals surface area contributed by atoms with Gasteiger partial charge in [-0.2, -0.15) is 0 Å². The molecule has 0 amide bonds. The first kappa shape index (κ1) is 22.9. The van der Waals surface area contributed by atoms with Crippen LogP contribution in [0.3, 0.4) is 0 Å². The molecule has 8 heteroatoms. The third kappa shape index (κ3) is 4.00. The van der Waals surface area contributed by atoms with Crippen molar-refractivity contribution in [2.75, 3.05) is 13.7 Å². The van der Waals surface area contributed by atoms with E-state index in [1.54, 1.807) is 11.5 Å². The molecule has 0 fully saturated rings. The van der Waals surface area contributed by atoms with E-state index in [-0.39, 0.29) is 5.56 Å². The predicted molar refractivity (Wildman–Crippen MR) is 136 cm³/mol. The van der Waals surface area contributed by atoms with E-state index in [0.29, 0.717) is 33.0 Å². The molecule has 0 radical (unpaired) electrons. The van der Waals surface area contributed by atoms with Gasteiger partial charge in [0.25, 0.3) is 5.56 Å². The van der Waals surface area contributed by atoms with Crippen molar-refractivity contribution >= 4 is 34.3 Å². The number of aromatic amines is 1. The van der Waals surface area contributed by atoms with Gasteiger partial charge in [-0.3, -0.25) is 9.36 Å². The second-order valence-electron chi connectivity index (χ2n) is 8.25. The highest BCUT2D eigenvalue weighted by atomic mass is 32.1. The highest BCUT2D eigenvalue weighted by molar-refractivity contribution is 7.07. The fraction of sp³-hybridized carbons (Fsp3) is 0.222. The average molecular weight is 488 g/mol. The summed E-state index contributed by atoms with van der Waals surface area (Å²) < 4.78 is 13.2. The Hall–Kier alpha value is -3.91. The Morgan fingerprint density at radius 1 is 1.20 bits per heavy atom. The molecular weight excluding hydrogens is 462 g/mol. The van der Waals surface area contributed by atoms with Crippen LogP contribution in [0.2, 0.25) is 0 Å². The molecule has 1 unspecified atom stereocenters. The number of carbonyl (C=O) groups excluding carboxylic acids is 1. The lowest BCUT2D eigenvalue weighted by Gasteiger charge is -2.26. The number of methoxy groups -OCH3 is 1. The van der Waals surface area contributed by atoms with E-state index in [4.69, 9.17) is 9.47 Å².